The molecule has 0 amide bonds. The average molecular weight is 154 g/mol. The van der Waals surface area contributed by atoms with E-state index >= 15 is 0 Å². The van der Waals surface area contributed by atoms with Crippen molar-refractivity contribution in [3.8, 4) is 0 Å². The van der Waals surface area contributed by atoms with Crippen LogP contribution in [0.25, 0.3) is 0 Å². The largest absolute Gasteiger partial charge is 0.455 e. The molecule has 0 aromatic carbocycles. The van der Waals surface area contributed by atoms with E-state index in [1.54, 1.807) is 0 Å². The number of allylic oxidation sites excluding steroid dienone is 4. The minimum Gasteiger partial charge on any atom is -0.427 e. The summed E-state index contributed by atoms with van der Waals surface area (Å²) in [6, 6.07) is 0. The van der Waals surface area contributed by atoms with E-state index < -0.39 is 7.12 Å². The molecule has 0 aromatic heterocycles. The smallest absolute Gasteiger partial charge is 0.427 e. The lowest BCUT2D eigenvalue weighted by Crippen LogP contribution is -2.08. The van der Waals surface area contributed by atoms with Crippen LogP contribution in [0.15, 0.2) is 23.8 Å². The van der Waals surface area contributed by atoms with Crippen molar-refractivity contribution in [2.45, 2.75) is 26.6 Å². The highest BCUT2D eigenvalue weighted by Gasteiger charge is 2.02. The van der Waals surface area contributed by atoms with Gasteiger partial charge >= 0.3 is 7.12 Å². The molecule has 0 saturated carbocycles. The molecule has 0 atom stereocenters. The second-order valence-electron chi connectivity index (χ2n) is 2.35. The third-order valence-electron chi connectivity index (χ3n) is 1.38. The minimum atomic E-state index is -1.22. The Morgan fingerprint density at radius 2 is 2.09 bits per heavy atom. The van der Waals surface area contributed by atoms with Crippen molar-refractivity contribution < 1.29 is 10.0 Å². The van der Waals surface area contributed by atoms with Gasteiger partial charge in [0.05, 0.1) is 0 Å². The van der Waals surface area contributed by atoms with E-state index in [4.69, 9.17) is 10.0 Å². The van der Waals surface area contributed by atoms with Crippen LogP contribution in [0.5, 0.6) is 0 Å². The Kier molecular flexibility index (Phi) is 5.89. The van der Waals surface area contributed by atoms with Crippen LogP contribution in [0.1, 0.15) is 20.3 Å². The SMILES string of the molecule is C/C=C\C(=C/CB(O)O)CC. The highest BCUT2D eigenvalue weighted by Crippen LogP contribution is 2.04. The van der Waals surface area contributed by atoms with Crippen molar-refractivity contribution in [2.24, 2.45) is 0 Å². The Bertz CT molecular complexity index is 150. The van der Waals surface area contributed by atoms with E-state index in [0.717, 1.165) is 12.0 Å². The molecule has 0 unspecified atom stereocenters. The molecule has 0 aliphatic carbocycles. The van der Waals surface area contributed by atoms with Crippen LogP contribution in [0.2, 0.25) is 6.32 Å². The summed E-state index contributed by atoms with van der Waals surface area (Å²) in [6.07, 6.45) is 7.00. The Hall–Kier alpha value is -0.535. The molecule has 2 N–H and O–H groups in total. The van der Waals surface area contributed by atoms with Gasteiger partial charge in [0.15, 0.2) is 0 Å². The molecule has 0 heterocycles. The van der Waals surface area contributed by atoms with Gasteiger partial charge in [0.2, 0.25) is 0 Å². The summed E-state index contributed by atoms with van der Waals surface area (Å²) in [4.78, 5) is 0. The highest BCUT2D eigenvalue weighted by molar-refractivity contribution is 6.41. The summed E-state index contributed by atoms with van der Waals surface area (Å²) in [5.41, 5.74) is 1.14. The number of hydrogen-bond acceptors (Lipinski definition) is 2. The predicted octanol–water partition coefficient (Wildman–Crippen LogP) is 1.37. The van der Waals surface area contributed by atoms with Crippen LogP contribution >= 0.6 is 0 Å². The molecule has 62 valence electrons. The van der Waals surface area contributed by atoms with E-state index in [0.29, 0.717) is 6.32 Å². The first kappa shape index (κ1) is 10.5. The summed E-state index contributed by atoms with van der Waals surface area (Å²) in [6.45, 7) is 3.98. The lowest BCUT2D eigenvalue weighted by molar-refractivity contribution is 0.411. The second kappa shape index (κ2) is 6.19. The van der Waals surface area contributed by atoms with Gasteiger partial charge in [-0.2, -0.15) is 0 Å². The summed E-state index contributed by atoms with van der Waals surface area (Å²) in [7, 11) is -1.22. The molecule has 0 fully saturated rings. The molecule has 2 nitrogen and oxygen atoms in total. The Morgan fingerprint density at radius 3 is 2.45 bits per heavy atom. The van der Waals surface area contributed by atoms with Gasteiger partial charge in [0.1, 0.15) is 0 Å². The van der Waals surface area contributed by atoms with Gasteiger partial charge in [-0.05, 0) is 13.3 Å². The fraction of sp³-hybridized carbons (Fsp3) is 0.500. The first-order valence-electron chi connectivity index (χ1n) is 3.88. The zero-order chi connectivity index (χ0) is 8.69. The van der Waals surface area contributed by atoms with E-state index in [-0.39, 0.29) is 0 Å². The van der Waals surface area contributed by atoms with Crippen molar-refractivity contribution in [3.63, 3.8) is 0 Å². The van der Waals surface area contributed by atoms with Crippen molar-refractivity contribution in [3.05, 3.63) is 23.8 Å². The molecule has 0 rings (SSSR count). The molecule has 0 aliphatic rings. The third kappa shape index (κ3) is 5.89. The fourth-order valence-electron chi connectivity index (χ4n) is 0.801. The maximum Gasteiger partial charge on any atom is 0.455 e. The van der Waals surface area contributed by atoms with Gasteiger partial charge in [-0.3, -0.25) is 0 Å². The molecule has 0 saturated heterocycles. The normalized spacial score (nSPS) is 12.5. The lowest BCUT2D eigenvalue weighted by atomic mass is 9.85. The molecular formula is C8H15BO2. The van der Waals surface area contributed by atoms with Crippen molar-refractivity contribution in [1.29, 1.82) is 0 Å². The lowest BCUT2D eigenvalue weighted by Gasteiger charge is -1.96. The summed E-state index contributed by atoms with van der Waals surface area (Å²) in [5, 5.41) is 17.1. The molecular weight excluding hydrogens is 139 g/mol. The Morgan fingerprint density at radius 1 is 1.45 bits per heavy atom. The van der Waals surface area contributed by atoms with E-state index in [2.05, 4.69) is 0 Å². The standard InChI is InChI=1S/C8H15BO2/c1-3-5-8(4-2)6-7-9(10)11/h3,5-6,10-11H,4,7H2,1-2H3/b5-3-,8-6-. The number of hydrogen-bond donors (Lipinski definition) is 2. The highest BCUT2D eigenvalue weighted by atomic mass is 16.4. The maximum absolute atomic E-state index is 8.55. The quantitative estimate of drug-likeness (QED) is 0.474. The van der Waals surface area contributed by atoms with E-state index in [9.17, 15) is 0 Å². The van der Waals surface area contributed by atoms with Crippen molar-refractivity contribution in [2.75, 3.05) is 0 Å². The topological polar surface area (TPSA) is 40.5 Å². The van der Waals surface area contributed by atoms with Crippen LogP contribution < -0.4 is 0 Å². The summed E-state index contributed by atoms with van der Waals surface area (Å²) < 4.78 is 0. The van der Waals surface area contributed by atoms with Crippen LogP contribution in [0.3, 0.4) is 0 Å². The molecule has 0 radical (unpaired) electrons. The maximum atomic E-state index is 8.55. The van der Waals surface area contributed by atoms with Crippen LogP contribution in [0.4, 0.5) is 0 Å². The zero-order valence-electron chi connectivity index (χ0n) is 7.12. The van der Waals surface area contributed by atoms with Crippen LogP contribution in [-0.2, 0) is 0 Å². The predicted molar refractivity (Wildman–Crippen MR) is 48.2 cm³/mol. The van der Waals surface area contributed by atoms with Gasteiger partial charge in [0, 0.05) is 6.32 Å². The van der Waals surface area contributed by atoms with Crippen LogP contribution in [0, 0.1) is 0 Å². The van der Waals surface area contributed by atoms with Crippen molar-refractivity contribution in [1.82, 2.24) is 0 Å². The van der Waals surface area contributed by atoms with Crippen molar-refractivity contribution >= 4 is 7.12 Å². The van der Waals surface area contributed by atoms with Gasteiger partial charge < -0.3 is 10.0 Å². The number of rotatable bonds is 4. The first-order chi connectivity index (χ1) is 5.20. The minimum absolute atomic E-state index is 0.313. The first-order valence-corrected chi connectivity index (χ1v) is 3.88. The summed E-state index contributed by atoms with van der Waals surface area (Å²) >= 11 is 0. The van der Waals surface area contributed by atoms with Gasteiger partial charge in [0.25, 0.3) is 0 Å². The molecule has 0 spiro atoms. The average Bonchev–Trinajstić information content (AvgIpc) is 1.97. The second-order valence-corrected chi connectivity index (χ2v) is 2.35. The molecule has 0 aliphatic heterocycles. The third-order valence-corrected chi connectivity index (χ3v) is 1.38. The van der Waals surface area contributed by atoms with Gasteiger partial charge in [-0.1, -0.05) is 30.7 Å². The monoisotopic (exact) mass is 154 g/mol. The molecule has 3 heteroatoms. The Labute approximate surface area is 68.4 Å². The fourth-order valence-corrected chi connectivity index (χ4v) is 0.801. The summed E-state index contributed by atoms with van der Waals surface area (Å²) in [5.74, 6) is 0. The molecule has 0 aromatic rings. The van der Waals surface area contributed by atoms with E-state index in [1.165, 1.54) is 0 Å². The molecule has 11 heavy (non-hydrogen) atoms. The Balaban J connectivity index is 3.90. The van der Waals surface area contributed by atoms with Gasteiger partial charge in [-0.15, -0.1) is 0 Å². The zero-order valence-corrected chi connectivity index (χ0v) is 7.12. The van der Waals surface area contributed by atoms with Crippen LogP contribution in [-0.4, -0.2) is 17.2 Å². The van der Waals surface area contributed by atoms with E-state index in [1.807, 2.05) is 32.1 Å². The molecule has 0 bridgehead atoms. The van der Waals surface area contributed by atoms with Gasteiger partial charge in [-0.25, -0.2) is 0 Å².